The molecule has 4 heteroatoms. The molecule has 2 aromatic rings. The van der Waals surface area contributed by atoms with Gasteiger partial charge in [0.25, 0.3) is 0 Å². The lowest BCUT2D eigenvalue weighted by Crippen LogP contribution is -2.01. The van der Waals surface area contributed by atoms with Crippen LogP contribution in [0.2, 0.25) is 0 Å². The summed E-state index contributed by atoms with van der Waals surface area (Å²) in [6.07, 6.45) is 0. The van der Waals surface area contributed by atoms with Crippen LogP contribution in [0.4, 0.5) is 0 Å². The number of rotatable bonds is 2. The molecule has 0 spiro atoms. The Morgan fingerprint density at radius 2 is 1.88 bits per heavy atom. The van der Waals surface area contributed by atoms with Crippen LogP contribution in [0.1, 0.15) is 26.4 Å². The summed E-state index contributed by atoms with van der Waals surface area (Å²) in [5, 5.41) is 0. The Kier molecular flexibility index (Phi) is 3.85. The number of carbonyl (C=O) groups excluding carboxylic acids is 1. The zero-order valence-corrected chi connectivity index (χ0v) is 13.4. The maximum absolute atomic E-state index is 12.3. The van der Waals surface area contributed by atoms with E-state index < -0.39 is 0 Å². The van der Waals surface area contributed by atoms with Crippen LogP contribution < -0.4 is 0 Å². The van der Waals surface area contributed by atoms with Crippen LogP contribution in [0.25, 0.3) is 0 Å². The molecule has 0 saturated heterocycles. The molecule has 2 rings (SSSR count). The number of benzene rings is 1. The first kappa shape index (κ1) is 13.0. The van der Waals surface area contributed by atoms with E-state index in [1.165, 1.54) is 0 Å². The first-order valence-electron chi connectivity index (χ1n) is 5.06. The molecule has 0 saturated carbocycles. The minimum Gasteiger partial charge on any atom is -0.289 e. The molecule has 1 heterocycles. The van der Waals surface area contributed by atoms with Crippen LogP contribution in [0, 0.1) is 13.8 Å². The maximum Gasteiger partial charge on any atom is 0.194 e. The largest absolute Gasteiger partial charge is 0.289 e. The van der Waals surface area contributed by atoms with Gasteiger partial charge in [0.05, 0.1) is 3.79 Å². The van der Waals surface area contributed by atoms with Gasteiger partial charge in [0, 0.05) is 20.5 Å². The van der Waals surface area contributed by atoms with Crippen LogP contribution in [0.5, 0.6) is 0 Å². The highest BCUT2D eigenvalue weighted by atomic mass is 79.9. The normalized spacial score (nSPS) is 10.6. The van der Waals surface area contributed by atoms with Gasteiger partial charge in [-0.2, -0.15) is 0 Å². The number of halogens is 2. The molecule has 0 atom stereocenters. The van der Waals surface area contributed by atoms with Crippen molar-refractivity contribution in [1.29, 1.82) is 0 Å². The molecule has 0 aliphatic carbocycles. The second-order valence-electron chi connectivity index (χ2n) is 3.81. The minimum absolute atomic E-state index is 0.0742. The molecule has 1 aromatic carbocycles. The van der Waals surface area contributed by atoms with Gasteiger partial charge >= 0.3 is 0 Å². The zero-order chi connectivity index (χ0) is 12.6. The van der Waals surface area contributed by atoms with Gasteiger partial charge in [0.1, 0.15) is 0 Å². The van der Waals surface area contributed by atoms with E-state index in [0.717, 1.165) is 29.8 Å². The van der Waals surface area contributed by atoms with E-state index in [1.807, 2.05) is 38.1 Å². The van der Waals surface area contributed by atoms with Crippen molar-refractivity contribution in [2.45, 2.75) is 13.8 Å². The molecule has 0 amide bonds. The molecule has 1 aromatic heterocycles. The highest BCUT2D eigenvalue weighted by molar-refractivity contribution is 9.11. The van der Waals surface area contributed by atoms with Gasteiger partial charge in [-0.25, -0.2) is 0 Å². The third kappa shape index (κ3) is 2.69. The Bertz CT molecular complexity index is 587. The molecular weight excluding hydrogens is 364 g/mol. The Morgan fingerprint density at radius 1 is 1.18 bits per heavy atom. The molecule has 0 aliphatic rings. The summed E-state index contributed by atoms with van der Waals surface area (Å²) < 4.78 is 1.96. The van der Waals surface area contributed by atoms with Crippen molar-refractivity contribution >= 4 is 49.0 Å². The highest BCUT2D eigenvalue weighted by Gasteiger charge is 2.15. The second kappa shape index (κ2) is 5.04. The average Bonchev–Trinajstić information content (AvgIpc) is 2.61. The third-order valence-corrected chi connectivity index (χ3v) is 4.97. The minimum atomic E-state index is 0.0742. The highest BCUT2D eigenvalue weighted by Crippen LogP contribution is 2.29. The fourth-order valence-electron chi connectivity index (χ4n) is 1.56. The van der Waals surface area contributed by atoms with Gasteiger partial charge in [-0.05, 0) is 47.5 Å². The predicted octanol–water partition coefficient (Wildman–Crippen LogP) is 5.12. The molecule has 88 valence electrons. The molecule has 0 radical (unpaired) electrons. The Hall–Kier alpha value is -0.450. The second-order valence-corrected chi connectivity index (χ2v) is 7.30. The molecule has 0 N–H and O–H groups in total. The Morgan fingerprint density at radius 3 is 2.41 bits per heavy atom. The predicted molar refractivity (Wildman–Crippen MR) is 79.1 cm³/mol. The van der Waals surface area contributed by atoms with Crippen molar-refractivity contribution < 1.29 is 4.79 Å². The van der Waals surface area contributed by atoms with Crippen molar-refractivity contribution in [3.05, 3.63) is 54.1 Å². The van der Waals surface area contributed by atoms with Crippen LogP contribution in [-0.2, 0) is 0 Å². The van der Waals surface area contributed by atoms with Gasteiger partial charge in [0.2, 0.25) is 0 Å². The molecule has 0 bridgehead atoms. The summed E-state index contributed by atoms with van der Waals surface area (Å²) in [4.78, 5) is 13.3. The van der Waals surface area contributed by atoms with Crippen molar-refractivity contribution in [3.63, 3.8) is 0 Å². The number of carbonyl (C=O) groups is 1. The van der Waals surface area contributed by atoms with E-state index >= 15 is 0 Å². The van der Waals surface area contributed by atoms with Crippen LogP contribution in [-0.4, -0.2) is 5.78 Å². The lowest BCUT2D eigenvalue weighted by Gasteiger charge is -2.03. The van der Waals surface area contributed by atoms with Gasteiger partial charge in [-0.15, -0.1) is 11.3 Å². The fraction of sp³-hybridized carbons (Fsp3) is 0.154. The molecule has 1 nitrogen and oxygen atoms in total. The van der Waals surface area contributed by atoms with E-state index in [9.17, 15) is 4.79 Å². The lowest BCUT2D eigenvalue weighted by molar-refractivity contribution is 0.103. The monoisotopic (exact) mass is 372 g/mol. The average molecular weight is 374 g/mol. The van der Waals surface area contributed by atoms with E-state index in [2.05, 4.69) is 31.9 Å². The first-order valence-corrected chi connectivity index (χ1v) is 7.46. The van der Waals surface area contributed by atoms with Crippen molar-refractivity contribution in [2.75, 3.05) is 0 Å². The summed E-state index contributed by atoms with van der Waals surface area (Å²) in [7, 11) is 0. The topological polar surface area (TPSA) is 17.1 Å². The van der Waals surface area contributed by atoms with E-state index in [1.54, 1.807) is 11.3 Å². The van der Waals surface area contributed by atoms with Gasteiger partial charge in [0.15, 0.2) is 5.78 Å². The summed E-state index contributed by atoms with van der Waals surface area (Å²) >= 11 is 8.44. The summed E-state index contributed by atoms with van der Waals surface area (Å²) in [5.41, 5.74) is 2.62. The van der Waals surface area contributed by atoms with E-state index in [-0.39, 0.29) is 5.78 Å². The number of ketones is 1. The van der Waals surface area contributed by atoms with Crippen molar-refractivity contribution in [2.24, 2.45) is 0 Å². The van der Waals surface area contributed by atoms with Crippen molar-refractivity contribution in [3.8, 4) is 0 Å². The summed E-state index contributed by atoms with van der Waals surface area (Å²) in [5.74, 6) is 0.0742. The van der Waals surface area contributed by atoms with Crippen molar-refractivity contribution in [1.82, 2.24) is 0 Å². The maximum atomic E-state index is 12.3. The smallest absolute Gasteiger partial charge is 0.194 e. The molecule has 17 heavy (non-hydrogen) atoms. The number of hydrogen-bond donors (Lipinski definition) is 0. The molecule has 0 unspecified atom stereocenters. The third-order valence-electron chi connectivity index (χ3n) is 2.57. The van der Waals surface area contributed by atoms with E-state index in [4.69, 9.17) is 0 Å². The number of aryl methyl sites for hydroxylation is 2. The summed E-state index contributed by atoms with van der Waals surface area (Å²) in [6.45, 7) is 3.97. The molecular formula is C13H10Br2OS. The number of thiophene rings is 1. The van der Waals surface area contributed by atoms with E-state index in [0.29, 0.717) is 0 Å². The van der Waals surface area contributed by atoms with Crippen LogP contribution >= 0.6 is 43.2 Å². The molecule has 0 aliphatic heterocycles. The summed E-state index contributed by atoms with van der Waals surface area (Å²) in [6, 6.07) is 7.58. The number of hydrogen-bond acceptors (Lipinski definition) is 2. The van der Waals surface area contributed by atoms with Crippen LogP contribution in [0.15, 0.2) is 32.5 Å². The standard InChI is InChI=1S/C13H10Br2OS/c1-7-3-4-9(5-11(7)14)13(16)10-6-12(15)17-8(10)2/h3-6H,1-2H3. The van der Waals surface area contributed by atoms with Gasteiger partial charge < -0.3 is 0 Å². The quantitative estimate of drug-likeness (QED) is 0.667. The Balaban J connectivity index is 2.44. The van der Waals surface area contributed by atoms with Crippen LogP contribution in [0.3, 0.4) is 0 Å². The molecule has 0 fully saturated rings. The van der Waals surface area contributed by atoms with Gasteiger partial charge in [-0.1, -0.05) is 28.1 Å². The van der Waals surface area contributed by atoms with Gasteiger partial charge in [-0.3, -0.25) is 4.79 Å². The Labute approximate surface area is 121 Å². The zero-order valence-electron chi connectivity index (χ0n) is 9.38. The fourth-order valence-corrected chi connectivity index (χ4v) is 3.63. The first-order chi connectivity index (χ1) is 7.99. The SMILES string of the molecule is Cc1ccc(C(=O)c2cc(Br)sc2C)cc1Br. The lowest BCUT2D eigenvalue weighted by atomic mass is 10.0.